The van der Waals surface area contributed by atoms with Crippen LogP contribution in [0.15, 0.2) is 18.2 Å². The molecule has 0 fully saturated rings. The van der Waals surface area contributed by atoms with E-state index < -0.39 is 0 Å². The fourth-order valence-electron chi connectivity index (χ4n) is 2.80. The van der Waals surface area contributed by atoms with E-state index in [-0.39, 0.29) is 0 Å². The van der Waals surface area contributed by atoms with Crippen LogP contribution >= 0.6 is 0 Å². The van der Waals surface area contributed by atoms with Crippen molar-refractivity contribution in [2.75, 3.05) is 18.9 Å². The molecule has 1 N–H and O–H groups in total. The molecule has 0 amide bonds. The van der Waals surface area contributed by atoms with Crippen molar-refractivity contribution in [3.05, 3.63) is 29.3 Å². The Balaban J connectivity index is 2.15. The molecule has 1 aromatic rings. The number of fused-ring (bicyclic) bond motifs is 1. The topological polar surface area (TPSA) is 15.3 Å². The minimum absolute atomic E-state index is 0.321. The van der Waals surface area contributed by atoms with Crippen LogP contribution in [0.5, 0.6) is 0 Å². The Morgan fingerprint density at radius 2 is 2.05 bits per heavy atom. The highest BCUT2D eigenvalue weighted by molar-refractivity contribution is 5.56. The van der Waals surface area contributed by atoms with E-state index in [2.05, 4.69) is 63.2 Å². The second-order valence-electron chi connectivity index (χ2n) is 6.93. The lowest BCUT2D eigenvalue weighted by Gasteiger charge is -2.36. The normalized spacial score (nSPS) is 16.9. The molecule has 2 heteroatoms. The number of hydrogen-bond donors (Lipinski definition) is 1. The van der Waals surface area contributed by atoms with Crippen molar-refractivity contribution in [2.24, 2.45) is 5.41 Å². The molecule has 0 spiro atoms. The van der Waals surface area contributed by atoms with Gasteiger partial charge in [-0.2, -0.15) is 0 Å². The molecule has 0 saturated carbocycles. The van der Waals surface area contributed by atoms with E-state index in [1.807, 2.05) is 0 Å². The summed E-state index contributed by atoms with van der Waals surface area (Å²) in [5.74, 6) is 0. The molecule has 2 rings (SSSR count). The van der Waals surface area contributed by atoms with Gasteiger partial charge in [0.1, 0.15) is 0 Å². The van der Waals surface area contributed by atoms with Crippen molar-refractivity contribution in [1.82, 2.24) is 4.90 Å². The maximum atomic E-state index is 3.52. The van der Waals surface area contributed by atoms with Crippen LogP contribution < -0.4 is 5.32 Å². The van der Waals surface area contributed by atoms with E-state index >= 15 is 0 Å². The Morgan fingerprint density at radius 3 is 2.74 bits per heavy atom. The van der Waals surface area contributed by atoms with Crippen LogP contribution in [-0.4, -0.2) is 24.5 Å². The molecule has 0 saturated heterocycles. The summed E-state index contributed by atoms with van der Waals surface area (Å²) in [6.07, 6.45) is 2.47. The van der Waals surface area contributed by atoms with E-state index in [0.29, 0.717) is 11.5 Å². The van der Waals surface area contributed by atoms with Crippen LogP contribution in [-0.2, 0) is 13.0 Å². The van der Waals surface area contributed by atoms with Crippen LogP contribution in [0.3, 0.4) is 0 Å². The Bertz CT molecular complexity index is 431. The van der Waals surface area contributed by atoms with Gasteiger partial charge in [0.05, 0.1) is 0 Å². The van der Waals surface area contributed by atoms with Crippen LogP contribution in [0.2, 0.25) is 0 Å². The number of benzene rings is 1. The highest BCUT2D eigenvalue weighted by Gasteiger charge is 2.24. The molecular weight excluding hydrogens is 232 g/mol. The average molecular weight is 260 g/mol. The number of anilines is 1. The van der Waals surface area contributed by atoms with Crippen LogP contribution in [0, 0.1) is 5.41 Å². The third-order valence-corrected chi connectivity index (χ3v) is 4.53. The first-order chi connectivity index (χ1) is 8.89. The van der Waals surface area contributed by atoms with Gasteiger partial charge in [0.15, 0.2) is 0 Å². The van der Waals surface area contributed by atoms with Gasteiger partial charge in [-0.25, -0.2) is 0 Å². The van der Waals surface area contributed by atoms with Crippen molar-refractivity contribution in [3.8, 4) is 0 Å². The average Bonchev–Trinajstić information content (AvgIpc) is 2.37. The Kier molecular flexibility index (Phi) is 4.19. The molecule has 1 atom stereocenters. The molecule has 1 heterocycles. The fraction of sp³-hybridized carbons (Fsp3) is 0.647. The van der Waals surface area contributed by atoms with Gasteiger partial charge in [-0.05, 0) is 49.4 Å². The first-order valence-electron chi connectivity index (χ1n) is 7.44. The lowest BCUT2D eigenvalue weighted by Crippen LogP contribution is -2.39. The number of rotatable bonds is 3. The summed E-state index contributed by atoms with van der Waals surface area (Å²) in [6, 6.07) is 7.25. The molecule has 0 aromatic heterocycles. The van der Waals surface area contributed by atoms with Crippen LogP contribution in [0.1, 0.15) is 45.2 Å². The lowest BCUT2D eigenvalue weighted by atomic mass is 9.86. The van der Waals surface area contributed by atoms with E-state index in [1.165, 1.54) is 29.7 Å². The van der Waals surface area contributed by atoms with Gasteiger partial charge in [0.2, 0.25) is 0 Å². The van der Waals surface area contributed by atoms with Crippen molar-refractivity contribution in [2.45, 2.75) is 53.1 Å². The largest absolute Gasteiger partial charge is 0.385 e. The van der Waals surface area contributed by atoms with Gasteiger partial charge < -0.3 is 5.32 Å². The van der Waals surface area contributed by atoms with E-state index in [0.717, 1.165) is 13.1 Å². The lowest BCUT2D eigenvalue weighted by molar-refractivity contribution is 0.134. The molecule has 0 aliphatic carbocycles. The van der Waals surface area contributed by atoms with Gasteiger partial charge >= 0.3 is 0 Å². The fourth-order valence-corrected chi connectivity index (χ4v) is 2.80. The smallest absolute Gasteiger partial charge is 0.0375 e. The number of nitrogens with one attached hydrogen (secondary N) is 1. The zero-order chi connectivity index (χ0) is 14.0. The predicted molar refractivity (Wildman–Crippen MR) is 83.6 cm³/mol. The van der Waals surface area contributed by atoms with Crippen LogP contribution in [0.4, 0.5) is 5.69 Å². The molecule has 2 nitrogen and oxygen atoms in total. The maximum Gasteiger partial charge on any atom is 0.0375 e. The summed E-state index contributed by atoms with van der Waals surface area (Å²) in [6.45, 7) is 11.4. The first-order valence-corrected chi connectivity index (χ1v) is 7.44. The molecule has 1 aliphatic rings. The van der Waals surface area contributed by atoms with E-state index in [4.69, 9.17) is 0 Å². The monoisotopic (exact) mass is 260 g/mol. The molecule has 0 bridgehead atoms. The second-order valence-corrected chi connectivity index (χ2v) is 6.93. The summed E-state index contributed by atoms with van der Waals surface area (Å²) in [7, 11) is 2.24. The molecule has 0 radical (unpaired) electrons. The van der Waals surface area contributed by atoms with Crippen molar-refractivity contribution in [3.63, 3.8) is 0 Å². The molecule has 1 aliphatic heterocycles. The summed E-state index contributed by atoms with van der Waals surface area (Å²) >= 11 is 0. The minimum atomic E-state index is 0.321. The van der Waals surface area contributed by atoms with Crippen molar-refractivity contribution in [1.29, 1.82) is 0 Å². The summed E-state index contributed by atoms with van der Waals surface area (Å²) in [5.41, 5.74) is 4.69. The summed E-state index contributed by atoms with van der Waals surface area (Å²) in [4.78, 5) is 2.48. The standard InChI is InChI=1S/C17H28N2/c1-13(17(2,3)4)19(5)12-14-8-6-10-16-15(14)9-7-11-18-16/h6,8,10,13,18H,7,9,11-12H2,1-5H3. The van der Waals surface area contributed by atoms with E-state index in [9.17, 15) is 0 Å². The molecule has 106 valence electrons. The van der Waals surface area contributed by atoms with Gasteiger partial charge in [-0.1, -0.05) is 32.9 Å². The molecule has 19 heavy (non-hydrogen) atoms. The maximum absolute atomic E-state index is 3.52. The SMILES string of the molecule is CC(N(C)Cc1cccc2c1CCCN2)C(C)(C)C. The Labute approximate surface area is 118 Å². The predicted octanol–water partition coefficient (Wildman–Crippen LogP) is 3.91. The molecule has 1 aromatic carbocycles. The summed E-state index contributed by atoms with van der Waals surface area (Å²) < 4.78 is 0. The third-order valence-electron chi connectivity index (χ3n) is 4.53. The van der Waals surface area contributed by atoms with Gasteiger partial charge in [0, 0.05) is 24.8 Å². The van der Waals surface area contributed by atoms with Gasteiger partial charge in [0.25, 0.3) is 0 Å². The zero-order valence-electron chi connectivity index (χ0n) is 13.1. The third kappa shape index (κ3) is 3.30. The zero-order valence-corrected chi connectivity index (χ0v) is 13.1. The highest BCUT2D eigenvalue weighted by Crippen LogP contribution is 2.28. The Morgan fingerprint density at radius 1 is 1.32 bits per heavy atom. The number of hydrogen-bond acceptors (Lipinski definition) is 2. The van der Waals surface area contributed by atoms with Gasteiger partial charge in [-0.3, -0.25) is 4.90 Å². The van der Waals surface area contributed by atoms with Crippen LogP contribution in [0.25, 0.3) is 0 Å². The number of nitrogens with zero attached hydrogens (tertiary/aromatic N) is 1. The highest BCUT2D eigenvalue weighted by atomic mass is 15.1. The second kappa shape index (κ2) is 5.54. The molecular formula is C17H28N2. The minimum Gasteiger partial charge on any atom is -0.385 e. The van der Waals surface area contributed by atoms with Crippen molar-refractivity contribution >= 4 is 5.69 Å². The Hall–Kier alpha value is -1.02. The van der Waals surface area contributed by atoms with Crippen molar-refractivity contribution < 1.29 is 0 Å². The van der Waals surface area contributed by atoms with E-state index in [1.54, 1.807) is 0 Å². The quantitative estimate of drug-likeness (QED) is 0.886. The summed E-state index contributed by atoms with van der Waals surface area (Å²) in [5, 5.41) is 3.52. The first kappa shape index (κ1) is 14.4. The molecule has 1 unspecified atom stereocenters. The van der Waals surface area contributed by atoms with Gasteiger partial charge in [-0.15, -0.1) is 0 Å².